The van der Waals surface area contributed by atoms with E-state index >= 15 is 0 Å². The zero-order chi connectivity index (χ0) is 13.1. The highest BCUT2D eigenvalue weighted by molar-refractivity contribution is 5.40. The Kier molecular flexibility index (Phi) is 4.11. The number of halogens is 5. The van der Waals surface area contributed by atoms with E-state index in [1.165, 1.54) is 0 Å². The van der Waals surface area contributed by atoms with Crippen molar-refractivity contribution in [1.29, 1.82) is 0 Å². The molecule has 1 rings (SSSR count). The van der Waals surface area contributed by atoms with E-state index in [4.69, 9.17) is 5.73 Å². The van der Waals surface area contributed by atoms with Crippen molar-refractivity contribution in [3.05, 3.63) is 23.8 Å². The van der Waals surface area contributed by atoms with Crippen LogP contribution in [0.15, 0.2) is 18.2 Å². The average Bonchev–Trinajstić information content (AvgIpc) is 2.14. The van der Waals surface area contributed by atoms with E-state index in [2.05, 4.69) is 9.47 Å². The average molecular weight is 257 g/mol. The molecule has 8 heteroatoms. The smallest absolute Gasteiger partial charge is 0.434 e. The maximum Gasteiger partial charge on any atom is 0.573 e. The maximum absolute atomic E-state index is 12.0. The van der Waals surface area contributed by atoms with Crippen molar-refractivity contribution in [2.45, 2.75) is 19.5 Å². The van der Waals surface area contributed by atoms with Gasteiger partial charge in [-0.05, 0) is 6.07 Å². The van der Waals surface area contributed by atoms with E-state index in [1.54, 1.807) is 0 Å². The zero-order valence-electron chi connectivity index (χ0n) is 8.30. The van der Waals surface area contributed by atoms with Crippen LogP contribution in [0.3, 0.4) is 0 Å². The number of hydrogen-bond acceptors (Lipinski definition) is 3. The molecule has 0 atom stereocenters. The van der Waals surface area contributed by atoms with E-state index in [-0.39, 0.29) is 12.1 Å². The molecule has 0 saturated heterocycles. The zero-order valence-corrected chi connectivity index (χ0v) is 8.30. The molecular weight excluding hydrogens is 249 g/mol. The lowest BCUT2D eigenvalue weighted by molar-refractivity contribution is -0.274. The summed E-state index contributed by atoms with van der Waals surface area (Å²) in [5.74, 6) is -1.09. The fourth-order valence-corrected chi connectivity index (χ4v) is 1.11. The molecule has 0 saturated carbocycles. The molecule has 0 aromatic heterocycles. The highest BCUT2D eigenvalue weighted by atomic mass is 19.4. The molecule has 0 radical (unpaired) electrons. The number of alkyl halides is 5. The van der Waals surface area contributed by atoms with Crippen LogP contribution in [0.25, 0.3) is 0 Å². The summed E-state index contributed by atoms with van der Waals surface area (Å²) < 4.78 is 67.2. The van der Waals surface area contributed by atoms with Gasteiger partial charge in [0, 0.05) is 18.2 Å². The second kappa shape index (κ2) is 5.17. The summed E-state index contributed by atoms with van der Waals surface area (Å²) >= 11 is 0. The van der Waals surface area contributed by atoms with Crippen molar-refractivity contribution >= 4 is 0 Å². The second-order valence-electron chi connectivity index (χ2n) is 2.90. The van der Waals surface area contributed by atoms with E-state index in [1.807, 2.05) is 0 Å². The summed E-state index contributed by atoms with van der Waals surface area (Å²) in [4.78, 5) is 0. The molecule has 1 aromatic carbocycles. The van der Waals surface area contributed by atoms with Crippen molar-refractivity contribution < 1.29 is 31.4 Å². The molecule has 0 fully saturated rings. The first kappa shape index (κ1) is 13.5. The maximum atomic E-state index is 12.0. The Morgan fingerprint density at radius 2 is 1.88 bits per heavy atom. The van der Waals surface area contributed by atoms with Gasteiger partial charge in [0.25, 0.3) is 0 Å². The third kappa shape index (κ3) is 4.43. The van der Waals surface area contributed by atoms with Crippen molar-refractivity contribution in [1.82, 2.24) is 0 Å². The predicted octanol–water partition coefficient (Wildman–Crippen LogP) is 2.65. The van der Waals surface area contributed by atoms with Crippen molar-refractivity contribution in [2.24, 2.45) is 5.73 Å². The van der Waals surface area contributed by atoms with E-state index in [9.17, 15) is 22.0 Å². The highest BCUT2D eigenvalue weighted by Crippen LogP contribution is 2.29. The largest absolute Gasteiger partial charge is 0.573 e. The van der Waals surface area contributed by atoms with Gasteiger partial charge in [0.15, 0.2) is 0 Å². The SMILES string of the molecule is NCc1ccc(OC(F)(F)F)cc1OC(F)F. The van der Waals surface area contributed by atoms with Crippen LogP contribution in [0.4, 0.5) is 22.0 Å². The molecule has 0 aliphatic rings. The number of benzene rings is 1. The third-order valence-corrected chi connectivity index (χ3v) is 1.71. The summed E-state index contributed by atoms with van der Waals surface area (Å²) in [6.45, 7) is -3.30. The minimum absolute atomic E-state index is 0.144. The number of ether oxygens (including phenoxy) is 2. The van der Waals surface area contributed by atoms with Gasteiger partial charge in [0.1, 0.15) is 11.5 Å². The number of hydrogen-bond donors (Lipinski definition) is 1. The fraction of sp³-hybridized carbons (Fsp3) is 0.333. The first-order chi connectivity index (χ1) is 7.81. The number of rotatable bonds is 4. The van der Waals surface area contributed by atoms with Gasteiger partial charge in [-0.25, -0.2) is 0 Å². The summed E-state index contributed by atoms with van der Waals surface area (Å²) in [5, 5.41) is 0. The van der Waals surface area contributed by atoms with Crippen LogP contribution in [0, 0.1) is 0 Å². The van der Waals surface area contributed by atoms with Crippen LogP contribution >= 0.6 is 0 Å². The van der Waals surface area contributed by atoms with Gasteiger partial charge in [0.2, 0.25) is 0 Å². The molecule has 17 heavy (non-hydrogen) atoms. The topological polar surface area (TPSA) is 44.5 Å². The first-order valence-corrected chi connectivity index (χ1v) is 4.35. The van der Waals surface area contributed by atoms with Gasteiger partial charge in [-0.2, -0.15) is 8.78 Å². The molecular formula is C9H8F5NO2. The molecule has 0 unspecified atom stereocenters. The van der Waals surface area contributed by atoms with Crippen LogP contribution in [0.1, 0.15) is 5.56 Å². The number of nitrogens with two attached hydrogens (primary N) is 1. The third-order valence-electron chi connectivity index (χ3n) is 1.71. The molecule has 0 bridgehead atoms. The second-order valence-corrected chi connectivity index (χ2v) is 2.90. The Hall–Kier alpha value is -1.57. The van der Waals surface area contributed by atoms with E-state index in [0.29, 0.717) is 6.07 Å². The molecule has 2 N–H and O–H groups in total. The van der Waals surface area contributed by atoms with Crippen LogP contribution in [-0.2, 0) is 6.54 Å². The van der Waals surface area contributed by atoms with Crippen LogP contribution < -0.4 is 15.2 Å². The normalized spacial score (nSPS) is 11.7. The van der Waals surface area contributed by atoms with Crippen molar-refractivity contribution in [3.8, 4) is 11.5 Å². The Morgan fingerprint density at radius 3 is 2.35 bits per heavy atom. The Balaban J connectivity index is 2.96. The van der Waals surface area contributed by atoms with Gasteiger partial charge < -0.3 is 15.2 Å². The minimum Gasteiger partial charge on any atom is -0.434 e. The quantitative estimate of drug-likeness (QED) is 0.843. The fourth-order valence-electron chi connectivity index (χ4n) is 1.11. The van der Waals surface area contributed by atoms with Gasteiger partial charge in [-0.15, -0.1) is 13.2 Å². The van der Waals surface area contributed by atoms with E-state index in [0.717, 1.165) is 12.1 Å². The predicted molar refractivity (Wildman–Crippen MR) is 47.6 cm³/mol. The Bertz CT molecular complexity index is 380. The highest BCUT2D eigenvalue weighted by Gasteiger charge is 2.31. The standard InChI is InChI=1S/C9H8F5NO2/c10-8(11)16-7-3-6(17-9(12,13)14)2-1-5(7)4-15/h1-3,8H,4,15H2. The van der Waals surface area contributed by atoms with Crippen molar-refractivity contribution in [2.75, 3.05) is 0 Å². The van der Waals surface area contributed by atoms with Gasteiger partial charge in [-0.1, -0.05) is 6.07 Å². The summed E-state index contributed by atoms with van der Waals surface area (Å²) in [5.41, 5.74) is 5.37. The molecule has 0 aliphatic heterocycles. The molecule has 0 spiro atoms. The monoisotopic (exact) mass is 257 g/mol. The molecule has 1 aromatic rings. The minimum atomic E-state index is -4.90. The molecule has 0 heterocycles. The van der Waals surface area contributed by atoms with Crippen LogP contribution in [0.2, 0.25) is 0 Å². The molecule has 0 amide bonds. The lowest BCUT2D eigenvalue weighted by Gasteiger charge is -2.13. The van der Waals surface area contributed by atoms with Gasteiger partial charge >= 0.3 is 13.0 Å². The molecule has 3 nitrogen and oxygen atoms in total. The Labute approximate surface area is 92.9 Å². The van der Waals surface area contributed by atoms with Gasteiger partial charge in [-0.3, -0.25) is 0 Å². The van der Waals surface area contributed by atoms with Crippen LogP contribution in [0.5, 0.6) is 11.5 Å². The summed E-state index contributed by atoms with van der Waals surface area (Å²) in [6.07, 6.45) is -4.90. The van der Waals surface area contributed by atoms with E-state index < -0.39 is 24.5 Å². The lowest BCUT2D eigenvalue weighted by Crippen LogP contribution is -2.17. The van der Waals surface area contributed by atoms with Crippen molar-refractivity contribution in [3.63, 3.8) is 0 Å². The van der Waals surface area contributed by atoms with Crippen LogP contribution in [-0.4, -0.2) is 13.0 Å². The Morgan fingerprint density at radius 1 is 1.24 bits per heavy atom. The molecule has 96 valence electrons. The summed E-state index contributed by atoms with van der Waals surface area (Å²) in [7, 11) is 0. The first-order valence-electron chi connectivity index (χ1n) is 4.35. The lowest BCUT2D eigenvalue weighted by atomic mass is 10.2. The van der Waals surface area contributed by atoms with Gasteiger partial charge in [0.05, 0.1) is 0 Å². The molecule has 0 aliphatic carbocycles. The summed E-state index contributed by atoms with van der Waals surface area (Å²) in [6, 6.07) is 2.80.